The molecule has 1 aromatic carbocycles. The number of hydrogen-bond acceptors (Lipinski definition) is 5. The Bertz CT molecular complexity index is 706. The molecule has 0 aliphatic carbocycles. The first-order valence-corrected chi connectivity index (χ1v) is 6.14. The number of halogens is 1. The summed E-state index contributed by atoms with van der Waals surface area (Å²) in [7, 11) is 1.35. The highest BCUT2D eigenvalue weighted by Crippen LogP contribution is 2.29. The second-order valence-electron chi connectivity index (χ2n) is 3.95. The number of carbonyl (C=O) groups excluding carboxylic acids is 1. The molecule has 0 bridgehead atoms. The predicted octanol–water partition coefficient (Wildman–Crippen LogP) is 2.90. The lowest BCUT2D eigenvalue weighted by molar-refractivity contribution is -0.384. The summed E-state index contributed by atoms with van der Waals surface area (Å²) in [6, 6.07) is 5.37. The molecule has 0 atom stereocenters. The molecule has 0 aliphatic rings. The molecular formula is C13H10ClN3O4. The molecule has 8 heteroatoms. The number of nitrogens with one attached hydrogen (secondary N) is 1. The third-order valence-corrected chi connectivity index (χ3v) is 2.99. The van der Waals surface area contributed by atoms with E-state index < -0.39 is 10.8 Å². The highest BCUT2D eigenvalue weighted by atomic mass is 35.5. The van der Waals surface area contributed by atoms with Gasteiger partial charge in [-0.1, -0.05) is 11.6 Å². The van der Waals surface area contributed by atoms with Crippen molar-refractivity contribution in [2.24, 2.45) is 0 Å². The van der Waals surface area contributed by atoms with Crippen LogP contribution in [0.15, 0.2) is 36.7 Å². The lowest BCUT2D eigenvalue weighted by Gasteiger charge is -2.10. The van der Waals surface area contributed by atoms with Gasteiger partial charge >= 0.3 is 0 Å². The molecule has 1 aromatic heterocycles. The summed E-state index contributed by atoms with van der Waals surface area (Å²) in [5.74, 6) is -0.308. The maximum atomic E-state index is 12.1. The summed E-state index contributed by atoms with van der Waals surface area (Å²) in [5.41, 5.74) is 0.358. The summed E-state index contributed by atoms with van der Waals surface area (Å²) in [6.07, 6.45) is 2.79. The third-order valence-electron chi connectivity index (χ3n) is 2.66. The van der Waals surface area contributed by atoms with E-state index in [2.05, 4.69) is 10.3 Å². The Kier molecular flexibility index (Phi) is 4.34. The van der Waals surface area contributed by atoms with Gasteiger partial charge in [-0.2, -0.15) is 0 Å². The number of carbonyl (C=O) groups is 1. The van der Waals surface area contributed by atoms with Crippen LogP contribution in [0.2, 0.25) is 5.02 Å². The van der Waals surface area contributed by atoms with Gasteiger partial charge in [-0.25, -0.2) is 0 Å². The smallest absolute Gasteiger partial charge is 0.273 e. The van der Waals surface area contributed by atoms with Gasteiger partial charge in [0, 0.05) is 18.5 Å². The number of nitro groups is 1. The minimum Gasteiger partial charge on any atom is -0.494 e. The molecular weight excluding hydrogens is 298 g/mol. The Labute approximate surface area is 124 Å². The van der Waals surface area contributed by atoms with Gasteiger partial charge in [0.15, 0.2) is 0 Å². The van der Waals surface area contributed by atoms with E-state index in [9.17, 15) is 14.9 Å². The number of amides is 1. The van der Waals surface area contributed by atoms with Crippen LogP contribution in [0, 0.1) is 10.1 Å². The van der Waals surface area contributed by atoms with Crippen LogP contribution in [0.3, 0.4) is 0 Å². The average Bonchev–Trinajstić information content (AvgIpc) is 2.47. The number of anilines is 1. The Morgan fingerprint density at radius 1 is 1.43 bits per heavy atom. The fourth-order valence-corrected chi connectivity index (χ4v) is 1.82. The molecule has 1 heterocycles. The SMILES string of the molecule is COc1cc([N+](=O)[O-])ccc1NC(=O)c1cnccc1Cl. The van der Waals surface area contributed by atoms with E-state index in [0.717, 1.165) is 0 Å². The highest BCUT2D eigenvalue weighted by Gasteiger charge is 2.15. The first kappa shape index (κ1) is 14.7. The van der Waals surface area contributed by atoms with E-state index in [1.54, 1.807) is 0 Å². The lowest BCUT2D eigenvalue weighted by atomic mass is 10.2. The second-order valence-corrected chi connectivity index (χ2v) is 4.36. The van der Waals surface area contributed by atoms with Crippen LogP contribution in [0.25, 0.3) is 0 Å². The van der Waals surface area contributed by atoms with Crippen molar-refractivity contribution in [1.82, 2.24) is 4.98 Å². The number of nitro benzene ring substituents is 1. The number of rotatable bonds is 4. The molecule has 1 N–H and O–H groups in total. The number of pyridine rings is 1. The van der Waals surface area contributed by atoms with Crippen molar-refractivity contribution in [3.63, 3.8) is 0 Å². The fraction of sp³-hybridized carbons (Fsp3) is 0.0769. The van der Waals surface area contributed by atoms with Gasteiger partial charge < -0.3 is 10.1 Å². The number of aromatic nitrogens is 1. The van der Waals surface area contributed by atoms with Crippen molar-refractivity contribution in [3.05, 3.63) is 57.4 Å². The van der Waals surface area contributed by atoms with E-state index >= 15 is 0 Å². The van der Waals surface area contributed by atoms with Crippen molar-refractivity contribution >= 4 is 28.9 Å². The van der Waals surface area contributed by atoms with Crippen LogP contribution in [-0.2, 0) is 0 Å². The van der Waals surface area contributed by atoms with Gasteiger partial charge in [0.25, 0.3) is 11.6 Å². The van der Waals surface area contributed by atoms with Crippen LogP contribution in [0.1, 0.15) is 10.4 Å². The molecule has 0 saturated heterocycles. The third kappa shape index (κ3) is 3.26. The molecule has 0 fully saturated rings. The molecule has 0 radical (unpaired) electrons. The van der Waals surface area contributed by atoms with Crippen molar-refractivity contribution in [3.8, 4) is 5.75 Å². The Balaban J connectivity index is 2.29. The van der Waals surface area contributed by atoms with E-state index in [1.165, 1.54) is 43.8 Å². The molecule has 1 amide bonds. The monoisotopic (exact) mass is 307 g/mol. The Hall–Kier alpha value is -2.67. The first-order valence-electron chi connectivity index (χ1n) is 5.76. The highest BCUT2D eigenvalue weighted by molar-refractivity contribution is 6.34. The van der Waals surface area contributed by atoms with Gasteiger partial charge in [-0.15, -0.1) is 0 Å². The Morgan fingerprint density at radius 3 is 2.81 bits per heavy atom. The largest absolute Gasteiger partial charge is 0.494 e. The summed E-state index contributed by atoms with van der Waals surface area (Å²) in [5, 5.41) is 13.5. The molecule has 0 saturated carbocycles. The molecule has 2 aromatic rings. The minimum absolute atomic E-state index is 0.135. The summed E-state index contributed by atoms with van der Waals surface area (Å²) >= 11 is 5.90. The van der Waals surface area contributed by atoms with Crippen molar-refractivity contribution in [2.45, 2.75) is 0 Å². The van der Waals surface area contributed by atoms with Crippen molar-refractivity contribution < 1.29 is 14.5 Å². The zero-order valence-electron chi connectivity index (χ0n) is 10.9. The van der Waals surface area contributed by atoms with E-state index in [1.807, 2.05) is 0 Å². The topological polar surface area (TPSA) is 94.4 Å². The zero-order valence-corrected chi connectivity index (χ0v) is 11.6. The van der Waals surface area contributed by atoms with Crippen LogP contribution in [0.5, 0.6) is 5.75 Å². The number of benzene rings is 1. The zero-order chi connectivity index (χ0) is 15.4. The number of hydrogen-bond donors (Lipinski definition) is 1. The number of nitrogens with zero attached hydrogens (tertiary/aromatic N) is 2. The Morgan fingerprint density at radius 2 is 2.19 bits per heavy atom. The number of methoxy groups -OCH3 is 1. The molecule has 108 valence electrons. The van der Waals surface area contributed by atoms with Crippen LogP contribution >= 0.6 is 11.6 Å². The van der Waals surface area contributed by atoms with Crippen LogP contribution in [-0.4, -0.2) is 22.9 Å². The lowest BCUT2D eigenvalue weighted by Crippen LogP contribution is -2.13. The maximum absolute atomic E-state index is 12.1. The molecule has 0 aliphatic heterocycles. The fourth-order valence-electron chi connectivity index (χ4n) is 1.63. The standard InChI is InChI=1S/C13H10ClN3O4/c1-21-12-6-8(17(19)20)2-3-11(12)16-13(18)9-7-15-5-4-10(9)14/h2-7H,1H3,(H,16,18). The van der Waals surface area contributed by atoms with Crippen molar-refractivity contribution in [2.75, 3.05) is 12.4 Å². The minimum atomic E-state index is -0.549. The van der Waals surface area contributed by atoms with Gasteiger partial charge in [-0.3, -0.25) is 19.9 Å². The average molecular weight is 308 g/mol. The normalized spacial score (nSPS) is 10.0. The molecule has 0 spiro atoms. The molecule has 0 unspecified atom stereocenters. The second kappa shape index (κ2) is 6.19. The van der Waals surface area contributed by atoms with Crippen molar-refractivity contribution in [1.29, 1.82) is 0 Å². The quantitative estimate of drug-likeness (QED) is 0.692. The van der Waals surface area contributed by atoms with Gasteiger partial charge in [0.1, 0.15) is 5.75 Å². The van der Waals surface area contributed by atoms with Crippen LogP contribution in [0.4, 0.5) is 11.4 Å². The summed E-state index contributed by atoms with van der Waals surface area (Å²) < 4.78 is 5.04. The number of non-ortho nitro benzene ring substituents is 1. The van der Waals surface area contributed by atoms with Crippen LogP contribution < -0.4 is 10.1 Å². The molecule has 21 heavy (non-hydrogen) atoms. The molecule has 2 rings (SSSR count). The van der Waals surface area contributed by atoms with Gasteiger partial charge in [0.05, 0.1) is 34.4 Å². The molecule has 7 nitrogen and oxygen atoms in total. The maximum Gasteiger partial charge on any atom is 0.273 e. The summed E-state index contributed by atoms with van der Waals surface area (Å²) in [4.78, 5) is 26.1. The number of ether oxygens (including phenoxy) is 1. The van der Waals surface area contributed by atoms with E-state index in [4.69, 9.17) is 16.3 Å². The van der Waals surface area contributed by atoms with Gasteiger partial charge in [-0.05, 0) is 12.1 Å². The first-order chi connectivity index (χ1) is 10.0. The summed E-state index contributed by atoms with van der Waals surface area (Å²) in [6.45, 7) is 0. The van der Waals surface area contributed by atoms with Gasteiger partial charge in [0.2, 0.25) is 0 Å². The van der Waals surface area contributed by atoms with E-state index in [0.29, 0.717) is 5.69 Å². The predicted molar refractivity (Wildman–Crippen MR) is 76.8 cm³/mol. The van der Waals surface area contributed by atoms with E-state index in [-0.39, 0.29) is 22.0 Å².